The summed E-state index contributed by atoms with van der Waals surface area (Å²) in [7, 11) is 0. The van der Waals surface area contributed by atoms with E-state index in [0.717, 1.165) is 5.39 Å². The van der Waals surface area contributed by atoms with Crippen molar-refractivity contribution in [2.45, 2.75) is 0 Å². The molecule has 0 saturated heterocycles. The minimum atomic E-state index is -1.10. The van der Waals surface area contributed by atoms with Crippen LogP contribution in [0.1, 0.15) is 26.3 Å². The maximum atomic E-state index is 12.7. The molecule has 0 spiro atoms. The molecule has 1 aliphatic carbocycles. The first-order valence-corrected chi connectivity index (χ1v) is 7.10. The molecule has 4 rings (SSSR count). The number of carboxylic acids is 1. The first-order chi connectivity index (χ1) is 10.6. The Hall–Kier alpha value is -2.65. The number of carboxylic acid groups (broad SMARTS) is 1. The smallest absolute Gasteiger partial charge is 0.337 e. The zero-order valence-electron chi connectivity index (χ0n) is 11.3. The van der Waals surface area contributed by atoms with E-state index in [2.05, 4.69) is 0 Å². The molecule has 3 nitrogen and oxygen atoms in total. The molecule has 3 aromatic carbocycles. The van der Waals surface area contributed by atoms with Crippen LogP contribution in [0.3, 0.4) is 0 Å². The number of ketones is 1. The summed E-state index contributed by atoms with van der Waals surface area (Å²) in [5, 5.41) is 11.2. The molecule has 1 N–H and O–H groups in total. The van der Waals surface area contributed by atoms with Crippen LogP contribution in [0.4, 0.5) is 0 Å². The topological polar surface area (TPSA) is 54.4 Å². The predicted molar refractivity (Wildman–Crippen MR) is 84.8 cm³/mol. The van der Waals surface area contributed by atoms with Crippen molar-refractivity contribution in [3.8, 4) is 11.1 Å². The van der Waals surface area contributed by atoms with Gasteiger partial charge in [-0.05, 0) is 17.0 Å². The predicted octanol–water partition coefficient (Wildman–Crippen LogP) is 4.40. The van der Waals surface area contributed by atoms with Crippen LogP contribution in [0, 0.1) is 0 Å². The normalized spacial score (nSPS) is 12.3. The lowest BCUT2D eigenvalue weighted by molar-refractivity contribution is 0.0697. The zero-order valence-corrected chi connectivity index (χ0v) is 12.0. The summed E-state index contributed by atoms with van der Waals surface area (Å²) in [6, 6.07) is 14.0. The third-order valence-electron chi connectivity index (χ3n) is 4.02. The largest absolute Gasteiger partial charge is 0.478 e. The van der Waals surface area contributed by atoms with Gasteiger partial charge in [0, 0.05) is 22.1 Å². The lowest BCUT2D eigenvalue weighted by Gasteiger charge is -2.22. The van der Waals surface area contributed by atoms with E-state index >= 15 is 0 Å². The van der Waals surface area contributed by atoms with Gasteiger partial charge in [-0.25, -0.2) is 4.79 Å². The van der Waals surface area contributed by atoms with Crippen molar-refractivity contribution in [2.24, 2.45) is 0 Å². The van der Waals surface area contributed by atoms with Gasteiger partial charge >= 0.3 is 5.97 Å². The van der Waals surface area contributed by atoms with E-state index in [-0.39, 0.29) is 16.4 Å². The number of carbonyl (C=O) groups is 2. The van der Waals surface area contributed by atoms with E-state index < -0.39 is 5.97 Å². The van der Waals surface area contributed by atoms with Gasteiger partial charge in [0.05, 0.1) is 10.6 Å². The van der Waals surface area contributed by atoms with Crippen molar-refractivity contribution in [1.82, 2.24) is 0 Å². The molecular formula is C18H9ClO3. The summed E-state index contributed by atoms with van der Waals surface area (Å²) < 4.78 is 0. The molecule has 3 aromatic rings. The van der Waals surface area contributed by atoms with Crippen molar-refractivity contribution in [2.75, 3.05) is 0 Å². The molecule has 106 valence electrons. The van der Waals surface area contributed by atoms with Crippen molar-refractivity contribution >= 4 is 34.1 Å². The molecular weight excluding hydrogens is 300 g/mol. The highest BCUT2D eigenvalue weighted by Crippen LogP contribution is 2.43. The first kappa shape index (κ1) is 13.0. The monoisotopic (exact) mass is 308 g/mol. The molecule has 1 aliphatic rings. The van der Waals surface area contributed by atoms with Crippen LogP contribution < -0.4 is 0 Å². The molecule has 0 saturated carbocycles. The molecule has 22 heavy (non-hydrogen) atoms. The Balaban J connectivity index is 2.33. The molecule has 0 aromatic heterocycles. The summed E-state index contributed by atoms with van der Waals surface area (Å²) in [6.45, 7) is 0. The number of hydrogen-bond acceptors (Lipinski definition) is 2. The van der Waals surface area contributed by atoms with E-state index in [4.69, 9.17) is 11.6 Å². The lowest BCUT2D eigenvalue weighted by atomic mass is 9.80. The number of halogens is 1. The van der Waals surface area contributed by atoms with E-state index in [1.165, 1.54) is 0 Å². The fourth-order valence-corrected chi connectivity index (χ4v) is 3.43. The molecule has 0 fully saturated rings. The summed E-state index contributed by atoms with van der Waals surface area (Å²) in [4.78, 5) is 24.4. The van der Waals surface area contributed by atoms with E-state index in [9.17, 15) is 14.7 Å². The number of fused-ring (bicyclic) bond motifs is 2. The summed E-state index contributed by atoms with van der Waals surface area (Å²) in [6.07, 6.45) is 0. The van der Waals surface area contributed by atoms with Crippen molar-refractivity contribution in [3.05, 3.63) is 70.2 Å². The summed E-state index contributed by atoms with van der Waals surface area (Å²) >= 11 is 6.20. The van der Waals surface area contributed by atoms with Crippen LogP contribution in [0.5, 0.6) is 0 Å². The van der Waals surface area contributed by atoms with Crippen LogP contribution >= 0.6 is 11.6 Å². The minimum Gasteiger partial charge on any atom is -0.478 e. The van der Waals surface area contributed by atoms with E-state index in [1.54, 1.807) is 42.5 Å². The van der Waals surface area contributed by atoms with Gasteiger partial charge in [0.25, 0.3) is 0 Å². The third-order valence-corrected chi connectivity index (χ3v) is 4.32. The number of aromatic carboxylic acids is 1. The Morgan fingerprint density at radius 1 is 0.955 bits per heavy atom. The number of benzene rings is 3. The number of rotatable bonds is 1. The van der Waals surface area contributed by atoms with Gasteiger partial charge in [-0.2, -0.15) is 0 Å². The highest BCUT2D eigenvalue weighted by atomic mass is 35.5. The average Bonchev–Trinajstić information content (AvgIpc) is 2.51. The second-order valence-electron chi connectivity index (χ2n) is 5.19. The summed E-state index contributed by atoms with van der Waals surface area (Å²) in [5.74, 6) is -1.19. The SMILES string of the molecule is O=C(O)c1c(Cl)cc2cccc3c2c1-c1ccccc1C3=O. The van der Waals surface area contributed by atoms with Gasteiger partial charge in [-0.1, -0.05) is 54.1 Å². The fourth-order valence-electron chi connectivity index (χ4n) is 3.13. The Morgan fingerprint density at radius 3 is 2.36 bits per heavy atom. The first-order valence-electron chi connectivity index (χ1n) is 6.72. The second-order valence-corrected chi connectivity index (χ2v) is 5.60. The van der Waals surface area contributed by atoms with Crippen LogP contribution in [0.2, 0.25) is 5.02 Å². The Morgan fingerprint density at radius 2 is 1.64 bits per heavy atom. The van der Waals surface area contributed by atoms with Gasteiger partial charge < -0.3 is 5.11 Å². The van der Waals surface area contributed by atoms with Crippen molar-refractivity contribution in [3.63, 3.8) is 0 Å². The highest BCUT2D eigenvalue weighted by Gasteiger charge is 2.29. The Bertz CT molecular complexity index is 989. The summed E-state index contributed by atoms with van der Waals surface area (Å²) in [5.41, 5.74) is 2.22. The second kappa shape index (κ2) is 4.42. The van der Waals surface area contributed by atoms with E-state index in [0.29, 0.717) is 27.6 Å². The van der Waals surface area contributed by atoms with Crippen LogP contribution in [0.25, 0.3) is 21.9 Å². The van der Waals surface area contributed by atoms with Gasteiger partial charge in [-0.3, -0.25) is 4.79 Å². The van der Waals surface area contributed by atoms with Gasteiger partial charge in [0.15, 0.2) is 5.78 Å². The molecule has 0 heterocycles. The number of carbonyl (C=O) groups excluding carboxylic acids is 1. The molecule has 0 bridgehead atoms. The molecule has 0 aliphatic heterocycles. The lowest BCUT2D eigenvalue weighted by Crippen LogP contribution is -2.13. The third kappa shape index (κ3) is 1.57. The zero-order chi connectivity index (χ0) is 15.4. The van der Waals surface area contributed by atoms with Gasteiger partial charge in [0.2, 0.25) is 0 Å². The van der Waals surface area contributed by atoms with E-state index in [1.807, 2.05) is 6.07 Å². The maximum absolute atomic E-state index is 12.7. The molecule has 0 radical (unpaired) electrons. The van der Waals surface area contributed by atoms with Crippen molar-refractivity contribution in [1.29, 1.82) is 0 Å². The average molecular weight is 309 g/mol. The quantitative estimate of drug-likeness (QED) is 0.567. The molecule has 4 heteroatoms. The Labute approximate surface area is 130 Å². The Kier molecular flexibility index (Phi) is 2.62. The standard InChI is InChI=1S/C18H9ClO3/c19-13-8-9-4-3-7-12-14(9)15(16(13)18(21)22)10-5-1-2-6-11(10)17(12)20/h1-8H,(H,21,22). The maximum Gasteiger partial charge on any atom is 0.337 e. The highest BCUT2D eigenvalue weighted by molar-refractivity contribution is 6.37. The fraction of sp³-hybridized carbons (Fsp3) is 0. The molecule has 0 unspecified atom stereocenters. The molecule has 0 atom stereocenters. The van der Waals surface area contributed by atoms with Gasteiger partial charge in [-0.15, -0.1) is 0 Å². The number of hydrogen-bond donors (Lipinski definition) is 1. The molecule has 0 amide bonds. The van der Waals surface area contributed by atoms with Crippen LogP contribution in [0.15, 0.2) is 48.5 Å². The van der Waals surface area contributed by atoms with Crippen molar-refractivity contribution < 1.29 is 14.7 Å². The minimum absolute atomic E-state index is 0.0431. The van der Waals surface area contributed by atoms with Gasteiger partial charge in [0.1, 0.15) is 0 Å². The van der Waals surface area contributed by atoms with Crippen LogP contribution in [-0.2, 0) is 0 Å². The van der Waals surface area contributed by atoms with Crippen LogP contribution in [-0.4, -0.2) is 16.9 Å².